The summed E-state index contributed by atoms with van der Waals surface area (Å²) >= 11 is 0. The van der Waals surface area contributed by atoms with E-state index >= 15 is 0 Å². The lowest BCUT2D eigenvalue weighted by Crippen LogP contribution is -2.36. The number of rotatable bonds is 3. The van der Waals surface area contributed by atoms with Crippen molar-refractivity contribution in [3.8, 4) is 11.3 Å². The molecular weight excluding hydrogens is 378 g/mol. The predicted molar refractivity (Wildman–Crippen MR) is 116 cm³/mol. The highest BCUT2D eigenvalue weighted by molar-refractivity contribution is 6.28. The number of carbonyl (C=O) groups is 1. The average molecular weight is 397 g/mol. The molecule has 2 aliphatic rings. The molecule has 0 bridgehead atoms. The van der Waals surface area contributed by atoms with Gasteiger partial charge in [-0.25, -0.2) is 0 Å². The normalized spacial score (nSPS) is 15.3. The van der Waals surface area contributed by atoms with E-state index in [4.69, 9.17) is 9.26 Å². The summed E-state index contributed by atoms with van der Waals surface area (Å²) in [5.41, 5.74) is 5.41. The maximum absolute atomic E-state index is 13.5. The number of nitrogens with one attached hydrogen (secondary N) is 1. The Hall–Kier alpha value is -3.64. The number of ether oxygens (including phenoxy) is 1. The van der Waals surface area contributed by atoms with Gasteiger partial charge in [0.05, 0.1) is 35.5 Å². The Labute approximate surface area is 173 Å². The first-order valence-corrected chi connectivity index (χ1v) is 10.1. The number of hydrogen-bond acceptors (Lipinski definition) is 6. The van der Waals surface area contributed by atoms with Crippen LogP contribution in [0.2, 0.25) is 0 Å². The molecule has 1 aliphatic heterocycles. The third-order valence-corrected chi connectivity index (χ3v) is 5.78. The van der Waals surface area contributed by atoms with Crippen molar-refractivity contribution in [1.82, 2.24) is 5.16 Å². The van der Waals surface area contributed by atoms with Crippen LogP contribution in [0.25, 0.3) is 22.2 Å². The number of carbonyl (C=O) groups excluding carboxylic acids is 1. The maximum Gasteiger partial charge on any atom is 0.196 e. The Morgan fingerprint density at radius 2 is 1.67 bits per heavy atom. The van der Waals surface area contributed by atoms with E-state index in [2.05, 4.69) is 15.4 Å². The molecule has 6 rings (SSSR count). The van der Waals surface area contributed by atoms with E-state index in [1.54, 1.807) is 0 Å². The van der Waals surface area contributed by atoms with Crippen molar-refractivity contribution in [2.24, 2.45) is 0 Å². The lowest BCUT2D eigenvalue weighted by molar-refractivity contribution is 0.104. The van der Waals surface area contributed by atoms with Crippen molar-refractivity contribution in [2.75, 3.05) is 36.5 Å². The maximum atomic E-state index is 13.5. The molecule has 1 aromatic heterocycles. The van der Waals surface area contributed by atoms with Gasteiger partial charge in [-0.15, -0.1) is 0 Å². The van der Waals surface area contributed by atoms with Gasteiger partial charge in [-0.2, -0.15) is 0 Å². The zero-order valence-corrected chi connectivity index (χ0v) is 16.2. The molecule has 0 unspecified atom stereocenters. The SMILES string of the molecule is O=C1c2ccccc2-c2onc3c(N4CCOCC4)cc(Nc4ccccc4)c1c23. The number of hydrogen-bond donors (Lipinski definition) is 1. The van der Waals surface area contributed by atoms with E-state index in [9.17, 15) is 4.79 Å². The number of anilines is 3. The van der Waals surface area contributed by atoms with Gasteiger partial charge in [0, 0.05) is 29.9 Å². The molecule has 0 atom stereocenters. The summed E-state index contributed by atoms with van der Waals surface area (Å²) in [6, 6.07) is 19.5. The Morgan fingerprint density at radius 3 is 2.47 bits per heavy atom. The van der Waals surface area contributed by atoms with Crippen LogP contribution in [-0.4, -0.2) is 37.2 Å². The molecule has 4 aromatic rings. The van der Waals surface area contributed by atoms with Gasteiger partial charge in [-0.05, 0) is 18.2 Å². The molecule has 6 heteroatoms. The standard InChI is InChI=1S/C24H19N3O3/c28-23-16-8-4-5-9-17(16)24-21-20(23)18(25-15-6-2-1-3-7-15)14-19(22(21)26-30-24)27-10-12-29-13-11-27/h1-9,14,25H,10-13H2. The van der Waals surface area contributed by atoms with Gasteiger partial charge in [0.25, 0.3) is 0 Å². The highest BCUT2D eigenvalue weighted by Crippen LogP contribution is 2.46. The van der Waals surface area contributed by atoms with E-state index < -0.39 is 0 Å². The number of nitrogens with zero attached hydrogens (tertiary/aromatic N) is 2. The summed E-state index contributed by atoms with van der Waals surface area (Å²) in [6.45, 7) is 2.87. The first-order chi connectivity index (χ1) is 14.8. The largest absolute Gasteiger partial charge is 0.378 e. The molecule has 0 radical (unpaired) electrons. The molecule has 1 N–H and O–H groups in total. The first-order valence-electron chi connectivity index (χ1n) is 10.1. The van der Waals surface area contributed by atoms with Crippen molar-refractivity contribution < 1.29 is 14.1 Å². The van der Waals surface area contributed by atoms with Gasteiger partial charge >= 0.3 is 0 Å². The summed E-state index contributed by atoms with van der Waals surface area (Å²) < 4.78 is 11.3. The van der Waals surface area contributed by atoms with Crippen molar-refractivity contribution in [3.63, 3.8) is 0 Å². The van der Waals surface area contributed by atoms with Crippen LogP contribution in [0, 0.1) is 0 Å². The van der Waals surface area contributed by atoms with E-state index in [1.807, 2.05) is 60.7 Å². The number of aromatic nitrogens is 1. The quantitative estimate of drug-likeness (QED) is 0.479. The highest BCUT2D eigenvalue weighted by atomic mass is 16.5. The lowest BCUT2D eigenvalue weighted by Gasteiger charge is -2.30. The van der Waals surface area contributed by atoms with Crippen molar-refractivity contribution in [1.29, 1.82) is 0 Å². The summed E-state index contributed by atoms with van der Waals surface area (Å²) in [4.78, 5) is 15.8. The number of para-hydroxylation sites is 1. The summed E-state index contributed by atoms with van der Waals surface area (Å²) in [7, 11) is 0. The van der Waals surface area contributed by atoms with E-state index in [1.165, 1.54) is 0 Å². The molecule has 148 valence electrons. The number of ketones is 1. The molecule has 1 fully saturated rings. The van der Waals surface area contributed by atoms with E-state index in [0.717, 1.165) is 46.6 Å². The zero-order chi connectivity index (χ0) is 20.1. The predicted octanol–water partition coefficient (Wildman–Crippen LogP) is 4.62. The molecule has 3 aromatic carbocycles. The second-order valence-electron chi connectivity index (χ2n) is 7.52. The fourth-order valence-corrected chi connectivity index (χ4v) is 4.36. The molecule has 6 nitrogen and oxygen atoms in total. The minimum absolute atomic E-state index is 0.0155. The molecular formula is C24H19N3O3. The van der Waals surface area contributed by atoms with Gasteiger partial charge in [0.15, 0.2) is 11.5 Å². The van der Waals surface area contributed by atoms with Gasteiger partial charge < -0.3 is 19.5 Å². The van der Waals surface area contributed by atoms with Crippen LogP contribution in [0.1, 0.15) is 15.9 Å². The molecule has 0 amide bonds. The Morgan fingerprint density at radius 1 is 0.933 bits per heavy atom. The Bertz CT molecular complexity index is 1270. The van der Waals surface area contributed by atoms with Crippen LogP contribution in [-0.2, 0) is 4.74 Å². The molecule has 2 heterocycles. The van der Waals surface area contributed by atoms with Crippen LogP contribution in [0.3, 0.4) is 0 Å². The monoisotopic (exact) mass is 397 g/mol. The van der Waals surface area contributed by atoms with Crippen LogP contribution < -0.4 is 10.2 Å². The topological polar surface area (TPSA) is 67.6 Å². The number of benzene rings is 3. The minimum Gasteiger partial charge on any atom is -0.378 e. The van der Waals surface area contributed by atoms with Gasteiger partial charge in [-0.3, -0.25) is 4.79 Å². The van der Waals surface area contributed by atoms with Gasteiger partial charge in [0.1, 0.15) is 5.52 Å². The zero-order valence-electron chi connectivity index (χ0n) is 16.2. The molecule has 30 heavy (non-hydrogen) atoms. The second kappa shape index (κ2) is 6.71. The smallest absolute Gasteiger partial charge is 0.196 e. The average Bonchev–Trinajstić information content (AvgIpc) is 3.24. The third-order valence-electron chi connectivity index (χ3n) is 5.78. The first kappa shape index (κ1) is 17.2. The Balaban J connectivity index is 1.63. The molecule has 1 aliphatic carbocycles. The highest BCUT2D eigenvalue weighted by Gasteiger charge is 2.33. The number of fused-ring (bicyclic) bond motifs is 2. The van der Waals surface area contributed by atoms with Crippen LogP contribution in [0.4, 0.5) is 17.1 Å². The van der Waals surface area contributed by atoms with E-state index in [-0.39, 0.29) is 5.78 Å². The van der Waals surface area contributed by atoms with Crippen LogP contribution in [0.5, 0.6) is 0 Å². The summed E-state index contributed by atoms with van der Waals surface area (Å²) in [6.07, 6.45) is 0. The summed E-state index contributed by atoms with van der Waals surface area (Å²) in [5.74, 6) is 0.639. The van der Waals surface area contributed by atoms with Gasteiger partial charge in [-0.1, -0.05) is 47.6 Å². The van der Waals surface area contributed by atoms with Gasteiger partial charge in [0.2, 0.25) is 0 Å². The van der Waals surface area contributed by atoms with Crippen molar-refractivity contribution in [2.45, 2.75) is 0 Å². The van der Waals surface area contributed by atoms with Crippen LogP contribution >= 0.6 is 0 Å². The Kier molecular flexibility index (Phi) is 3.86. The third kappa shape index (κ3) is 2.54. The van der Waals surface area contributed by atoms with E-state index in [0.29, 0.717) is 30.1 Å². The summed E-state index contributed by atoms with van der Waals surface area (Å²) in [5, 5.41) is 8.65. The molecule has 0 spiro atoms. The molecule has 1 saturated heterocycles. The van der Waals surface area contributed by atoms with Crippen molar-refractivity contribution >= 4 is 33.7 Å². The fourth-order valence-electron chi connectivity index (χ4n) is 4.36. The van der Waals surface area contributed by atoms with Crippen LogP contribution in [0.15, 0.2) is 65.2 Å². The number of morpholine rings is 1. The van der Waals surface area contributed by atoms with Crippen molar-refractivity contribution in [3.05, 3.63) is 71.8 Å². The second-order valence-corrected chi connectivity index (χ2v) is 7.52. The fraction of sp³-hybridized carbons (Fsp3) is 0.167. The minimum atomic E-state index is -0.0155. The molecule has 0 saturated carbocycles. The lowest BCUT2D eigenvalue weighted by atomic mass is 9.86.